The van der Waals surface area contributed by atoms with Crippen LogP contribution in [-0.2, 0) is 27.2 Å². The van der Waals surface area contributed by atoms with Crippen molar-refractivity contribution in [3.63, 3.8) is 0 Å². The van der Waals surface area contributed by atoms with Crippen LogP contribution >= 0.6 is 11.6 Å². The molecule has 1 aliphatic rings. The maximum Gasteiger partial charge on any atom is 0.358 e. The van der Waals surface area contributed by atoms with Crippen LogP contribution in [0, 0.1) is 0 Å². The van der Waals surface area contributed by atoms with Crippen LogP contribution in [0.3, 0.4) is 0 Å². The van der Waals surface area contributed by atoms with Gasteiger partial charge in [0.1, 0.15) is 24.4 Å². The number of benzene rings is 1. The van der Waals surface area contributed by atoms with Crippen molar-refractivity contribution in [2.24, 2.45) is 0 Å². The van der Waals surface area contributed by atoms with Gasteiger partial charge in [0.15, 0.2) is 12.5 Å². The average Bonchev–Trinajstić information content (AvgIpc) is 2.89. The molecule has 0 bridgehead atoms. The van der Waals surface area contributed by atoms with Crippen LogP contribution in [0.2, 0.25) is 5.02 Å². The first-order chi connectivity index (χ1) is 13.1. The van der Waals surface area contributed by atoms with Crippen molar-refractivity contribution in [1.82, 2.24) is 9.55 Å². The van der Waals surface area contributed by atoms with E-state index in [9.17, 15) is 9.18 Å². The molecule has 146 valence electrons. The highest BCUT2D eigenvalue weighted by molar-refractivity contribution is 6.32. The summed E-state index contributed by atoms with van der Waals surface area (Å²) in [6, 6.07) is 5.14. The van der Waals surface area contributed by atoms with E-state index in [-0.39, 0.29) is 19.0 Å². The van der Waals surface area contributed by atoms with E-state index >= 15 is 0 Å². The third-order valence-corrected chi connectivity index (χ3v) is 4.52. The topological polar surface area (TPSA) is 71.8 Å². The molecule has 9 heteroatoms. The van der Waals surface area contributed by atoms with Crippen LogP contribution in [0.1, 0.15) is 16.2 Å². The van der Waals surface area contributed by atoms with Crippen LogP contribution in [0.15, 0.2) is 18.2 Å². The highest BCUT2D eigenvalue weighted by Crippen LogP contribution is 2.32. The zero-order valence-corrected chi connectivity index (χ0v) is 15.8. The number of nitrogens with zero attached hydrogens (tertiary/aromatic N) is 2. The highest BCUT2D eigenvalue weighted by Gasteiger charge is 2.28. The number of halogens is 2. The number of aromatic nitrogens is 2. The summed E-state index contributed by atoms with van der Waals surface area (Å²) in [5, 5.41) is 0.369. The largest absolute Gasteiger partial charge is 0.466 e. The maximum atomic E-state index is 13.3. The number of ether oxygens (including phenoxy) is 4. The standard InChI is InChI=1S/C18H20ClFN2O5/c1-24-10-27-15-4-3-11(7-13(15)19)17-21-16(18(23)25-2)14-5-6-26-12(8-20)9-22(14)17/h3-4,7,12H,5-6,8-10H2,1-2H3. The first kappa shape index (κ1) is 19.6. The van der Waals surface area contributed by atoms with E-state index in [1.165, 1.54) is 14.2 Å². The van der Waals surface area contributed by atoms with Gasteiger partial charge in [0.25, 0.3) is 0 Å². The summed E-state index contributed by atoms with van der Waals surface area (Å²) in [7, 11) is 2.81. The molecule has 1 aromatic heterocycles. The molecule has 1 aliphatic heterocycles. The second kappa shape index (κ2) is 8.69. The van der Waals surface area contributed by atoms with E-state index < -0.39 is 18.7 Å². The molecular weight excluding hydrogens is 379 g/mol. The van der Waals surface area contributed by atoms with Crippen molar-refractivity contribution in [3.8, 4) is 17.1 Å². The minimum Gasteiger partial charge on any atom is -0.466 e. The second-order valence-corrected chi connectivity index (χ2v) is 6.33. The Balaban J connectivity index is 2.06. The lowest BCUT2D eigenvalue weighted by Crippen LogP contribution is -2.21. The zero-order chi connectivity index (χ0) is 19.4. The van der Waals surface area contributed by atoms with E-state index in [1.54, 1.807) is 22.8 Å². The third-order valence-electron chi connectivity index (χ3n) is 4.22. The molecule has 0 fully saturated rings. The van der Waals surface area contributed by atoms with E-state index in [0.29, 0.717) is 40.9 Å². The van der Waals surface area contributed by atoms with Gasteiger partial charge in [-0.05, 0) is 18.2 Å². The molecule has 2 aromatic rings. The van der Waals surface area contributed by atoms with Gasteiger partial charge in [-0.3, -0.25) is 0 Å². The zero-order valence-electron chi connectivity index (χ0n) is 15.0. The lowest BCUT2D eigenvalue weighted by Gasteiger charge is -2.14. The Morgan fingerprint density at radius 1 is 1.44 bits per heavy atom. The minimum atomic E-state index is -0.630. The Morgan fingerprint density at radius 3 is 2.93 bits per heavy atom. The third kappa shape index (κ3) is 4.07. The van der Waals surface area contributed by atoms with Gasteiger partial charge in [-0.15, -0.1) is 0 Å². The van der Waals surface area contributed by atoms with Gasteiger partial charge < -0.3 is 23.5 Å². The van der Waals surface area contributed by atoms with Gasteiger partial charge >= 0.3 is 5.97 Å². The maximum absolute atomic E-state index is 13.3. The van der Waals surface area contributed by atoms with Gasteiger partial charge in [0, 0.05) is 19.1 Å². The molecule has 1 atom stereocenters. The minimum absolute atomic E-state index is 0.0693. The lowest BCUT2D eigenvalue weighted by atomic mass is 10.2. The van der Waals surface area contributed by atoms with E-state index in [1.807, 2.05) is 0 Å². The molecule has 0 amide bonds. The molecule has 3 rings (SSSR count). The Kier molecular flexibility index (Phi) is 6.30. The van der Waals surface area contributed by atoms with Gasteiger partial charge in [0.05, 0.1) is 31.0 Å². The predicted molar refractivity (Wildman–Crippen MR) is 95.9 cm³/mol. The molecule has 1 unspecified atom stereocenters. The molecular formula is C18H20ClFN2O5. The van der Waals surface area contributed by atoms with Crippen molar-refractivity contribution >= 4 is 17.6 Å². The molecule has 0 N–H and O–H groups in total. The smallest absolute Gasteiger partial charge is 0.358 e. The fourth-order valence-corrected chi connectivity index (χ4v) is 3.20. The molecule has 0 radical (unpaired) electrons. The number of hydrogen-bond donors (Lipinski definition) is 0. The monoisotopic (exact) mass is 398 g/mol. The summed E-state index contributed by atoms with van der Waals surface area (Å²) in [5.41, 5.74) is 1.52. The van der Waals surface area contributed by atoms with Crippen molar-refractivity contribution in [2.45, 2.75) is 19.1 Å². The first-order valence-corrected chi connectivity index (χ1v) is 8.73. The van der Waals surface area contributed by atoms with Gasteiger partial charge in [-0.25, -0.2) is 14.2 Å². The van der Waals surface area contributed by atoms with Gasteiger partial charge in [-0.1, -0.05) is 11.6 Å². The number of carbonyl (C=O) groups excluding carboxylic acids is 1. The molecule has 7 nitrogen and oxygen atoms in total. The van der Waals surface area contributed by atoms with Gasteiger partial charge in [0.2, 0.25) is 0 Å². The van der Waals surface area contributed by atoms with E-state index in [0.717, 1.165) is 0 Å². The van der Waals surface area contributed by atoms with Crippen LogP contribution in [-0.4, -0.2) is 55.9 Å². The van der Waals surface area contributed by atoms with E-state index in [2.05, 4.69) is 4.98 Å². The Labute approximate surface area is 160 Å². The summed E-state index contributed by atoms with van der Waals surface area (Å²) in [6.07, 6.45) is -0.180. The van der Waals surface area contributed by atoms with Gasteiger partial charge in [-0.2, -0.15) is 0 Å². The van der Waals surface area contributed by atoms with Crippen molar-refractivity contribution in [1.29, 1.82) is 0 Å². The summed E-state index contributed by atoms with van der Waals surface area (Å²) in [6.45, 7) is -0.0199. The Bertz CT molecular complexity index is 826. The molecule has 0 saturated carbocycles. The molecule has 2 heterocycles. The van der Waals surface area contributed by atoms with Crippen LogP contribution < -0.4 is 4.74 Å². The number of rotatable bonds is 6. The lowest BCUT2D eigenvalue weighted by molar-refractivity contribution is 0.0355. The highest BCUT2D eigenvalue weighted by atomic mass is 35.5. The summed E-state index contributed by atoms with van der Waals surface area (Å²) in [5.74, 6) is 0.410. The number of fused-ring (bicyclic) bond motifs is 1. The molecule has 0 saturated heterocycles. The summed E-state index contributed by atoms with van der Waals surface area (Å²) < 4.78 is 35.6. The number of esters is 1. The number of methoxy groups -OCH3 is 2. The van der Waals surface area contributed by atoms with Crippen LogP contribution in [0.25, 0.3) is 11.4 Å². The predicted octanol–water partition coefficient (Wildman–Crippen LogP) is 2.88. The molecule has 0 spiro atoms. The van der Waals surface area contributed by atoms with E-state index in [4.69, 9.17) is 30.5 Å². The molecule has 27 heavy (non-hydrogen) atoms. The Morgan fingerprint density at radius 2 is 2.26 bits per heavy atom. The summed E-state index contributed by atoms with van der Waals surface area (Å²) in [4.78, 5) is 16.6. The fourth-order valence-electron chi connectivity index (χ4n) is 2.97. The normalized spacial score (nSPS) is 16.5. The number of carbonyl (C=O) groups is 1. The van der Waals surface area contributed by atoms with Crippen LogP contribution in [0.5, 0.6) is 5.75 Å². The number of imidazole rings is 1. The van der Waals surface area contributed by atoms with Crippen molar-refractivity contribution < 1.29 is 28.1 Å². The molecule has 0 aliphatic carbocycles. The molecule has 1 aromatic carbocycles. The quantitative estimate of drug-likeness (QED) is 0.550. The first-order valence-electron chi connectivity index (χ1n) is 8.36. The van der Waals surface area contributed by atoms with Crippen molar-refractivity contribution in [3.05, 3.63) is 34.6 Å². The number of hydrogen-bond acceptors (Lipinski definition) is 6. The average molecular weight is 399 g/mol. The van der Waals surface area contributed by atoms with Crippen LogP contribution in [0.4, 0.5) is 4.39 Å². The van der Waals surface area contributed by atoms with Crippen molar-refractivity contribution in [2.75, 3.05) is 34.3 Å². The second-order valence-electron chi connectivity index (χ2n) is 5.93. The number of alkyl halides is 1. The Hall–Kier alpha value is -2.16. The summed E-state index contributed by atoms with van der Waals surface area (Å²) >= 11 is 6.29. The fraction of sp³-hybridized carbons (Fsp3) is 0.444. The SMILES string of the molecule is COCOc1ccc(-c2nc(C(=O)OC)c3n2CC(CF)OCC3)cc1Cl.